The molecular formula is C14H18BrN3S. The number of halogens is 1. The van der Waals surface area contributed by atoms with Gasteiger partial charge in [0.15, 0.2) is 5.82 Å². The summed E-state index contributed by atoms with van der Waals surface area (Å²) in [6, 6.07) is 4.18. The van der Waals surface area contributed by atoms with Crippen molar-refractivity contribution in [1.82, 2.24) is 9.97 Å². The second-order valence-corrected chi connectivity index (χ2v) is 7.55. The fourth-order valence-corrected chi connectivity index (χ4v) is 3.55. The summed E-state index contributed by atoms with van der Waals surface area (Å²) in [7, 11) is 1.88. The number of anilines is 1. The Morgan fingerprint density at radius 2 is 1.89 bits per heavy atom. The van der Waals surface area contributed by atoms with Gasteiger partial charge in [-0.25, -0.2) is 9.97 Å². The molecule has 0 fully saturated rings. The third kappa shape index (κ3) is 2.98. The van der Waals surface area contributed by atoms with Crippen molar-refractivity contribution in [2.45, 2.75) is 33.1 Å². The van der Waals surface area contributed by atoms with Crippen LogP contribution in [0, 0.1) is 6.92 Å². The molecule has 2 heterocycles. The summed E-state index contributed by atoms with van der Waals surface area (Å²) in [5.74, 6) is 1.62. The highest BCUT2D eigenvalue weighted by atomic mass is 79.9. The lowest BCUT2D eigenvalue weighted by Gasteiger charge is -2.21. The van der Waals surface area contributed by atoms with Crippen LogP contribution in [-0.4, -0.2) is 17.0 Å². The molecule has 0 saturated heterocycles. The summed E-state index contributed by atoms with van der Waals surface area (Å²) in [4.78, 5) is 11.7. The van der Waals surface area contributed by atoms with Crippen molar-refractivity contribution in [2.75, 3.05) is 12.4 Å². The largest absolute Gasteiger partial charge is 0.372 e. The Morgan fingerprint density at radius 3 is 2.37 bits per heavy atom. The number of thiophene rings is 1. The number of hydrogen-bond donors (Lipinski definition) is 1. The van der Waals surface area contributed by atoms with Crippen LogP contribution in [0.3, 0.4) is 0 Å². The van der Waals surface area contributed by atoms with Gasteiger partial charge in [-0.15, -0.1) is 11.3 Å². The molecular weight excluding hydrogens is 322 g/mol. The predicted molar refractivity (Wildman–Crippen MR) is 86.0 cm³/mol. The van der Waals surface area contributed by atoms with Crippen LogP contribution >= 0.6 is 27.3 Å². The number of aromatic nitrogens is 2. The van der Waals surface area contributed by atoms with E-state index in [9.17, 15) is 0 Å². The van der Waals surface area contributed by atoms with Gasteiger partial charge >= 0.3 is 0 Å². The first-order valence-electron chi connectivity index (χ1n) is 6.15. The Kier molecular flexibility index (Phi) is 3.97. The molecule has 0 aromatic carbocycles. The SMILES string of the molecule is CNc1nc(-c2ccc(C)s2)nc(C(C)(C)C)c1Br. The van der Waals surface area contributed by atoms with Gasteiger partial charge < -0.3 is 5.32 Å². The monoisotopic (exact) mass is 339 g/mol. The first-order valence-corrected chi connectivity index (χ1v) is 7.76. The number of aryl methyl sites for hydroxylation is 1. The normalized spacial score (nSPS) is 11.7. The Balaban J connectivity index is 2.64. The van der Waals surface area contributed by atoms with Crippen molar-refractivity contribution in [3.8, 4) is 10.7 Å². The average Bonchev–Trinajstić information content (AvgIpc) is 2.74. The van der Waals surface area contributed by atoms with Crippen molar-refractivity contribution < 1.29 is 0 Å². The molecule has 3 nitrogen and oxygen atoms in total. The van der Waals surface area contributed by atoms with Gasteiger partial charge in [-0.2, -0.15) is 0 Å². The van der Waals surface area contributed by atoms with Crippen LogP contribution in [0.1, 0.15) is 31.3 Å². The minimum absolute atomic E-state index is 0.0333. The molecule has 0 aliphatic carbocycles. The molecule has 0 atom stereocenters. The van der Waals surface area contributed by atoms with E-state index in [0.717, 1.165) is 26.7 Å². The van der Waals surface area contributed by atoms with Crippen molar-refractivity contribution in [2.24, 2.45) is 0 Å². The second kappa shape index (κ2) is 5.21. The number of nitrogens with one attached hydrogen (secondary N) is 1. The van der Waals surface area contributed by atoms with E-state index in [4.69, 9.17) is 4.98 Å². The van der Waals surface area contributed by atoms with E-state index in [2.05, 4.69) is 66.1 Å². The molecule has 2 aromatic rings. The minimum Gasteiger partial charge on any atom is -0.372 e. The smallest absolute Gasteiger partial charge is 0.171 e. The zero-order chi connectivity index (χ0) is 14.2. The van der Waals surface area contributed by atoms with Crippen LogP contribution < -0.4 is 5.32 Å². The van der Waals surface area contributed by atoms with Gasteiger partial charge in [0.1, 0.15) is 5.82 Å². The zero-order valence-electron chi connectivity index (χ0n) is 11.8. The molecule has 2 aromatic heterocycles. The Labute approximate surface area is 126 Å². The number of rotatable bonds is 2. The lowest BCUT2D eigenvalue weighted by atomic mass is 9.92. The third-order valence-electron chi connectivity index (χ3n) is 2.76. The Bertz CT molecular complexity index is 599. The van der Waals surface area contributed by atoms with Gasteiger partial charge in [0.25, 0.3) is 0 Å². The predicted octanol–water partition coefficient (Wildman–Crippen LogP) is 4.62. The highest BCUT2D eigenvalue weighted by molar-refractivity contribution is 9.10. The van der Waals surface area contributed by atoms with Crippen LogP contribution in [0.2, 0.25) is 0 Å². The van der Waals surface area contributed by atoms with E-state index in [0.29, 0.717) is 0 Å². The molecule has 0 unspecified atom stereocenters. The van der Waals surface area contributed by atoms with E-state index in [1.807, 2.05) is 7.05 Å². The molecule has 19 heavy (non-hydrogen) atoms. The number of nitrogens with zero attached hydrogens (tertiary/aromatic N) is 2. The molecule has 2 rings (SSSR count). The summed E-state index contributed by atoms with van der Waals surface area (Å²) in [6.45, 7) is 8.56. The highest BCUT2D eigenvalue weighted by Gasteiger charge is 2.23. The fourth-order valence-electron chi connectivity index (χ4n) is 1.77. The van der Waals surface area contributed by atoms with E-state index >= 15 is 0 Å². The van der Waals surface area contributed by atoms with E-state index in [1.54, 1.807) is 11.3 Å². The molecule has 1 N–H and O–H groups in total. The minimum atomic E-state index is -0.0333. The van der Waals surface area contributed by atoms with Crippen LogP contribution in [-0.2, 0) is 5.41 Å². The lowest BCUT2D eigenvalue weighted by Crippen LogP contribution is -2.16. The molecule has 102 valence electrons. The van der Waals surface area contributed by atoms with Gasteiger partial charge in [0, 0.05) is 17.3 Å². The van der Waals surface area contributed by atoms with Crippen LogP contribution in [0.4, 0.5) is 5.82 Å². The second-order valence-electron chi connectivity index (χ2n) is 5.47. The Morgan fingerprint density at radius 1 is 1.21 bits per heavy atom. The van der Waals surface area contributed by atoms with Gasteiger partial charge in [-0.1, -0.05) is 20.8 Å². The summed E-state index contributed by atoms with van der Waals surface area (Å²) >= 11 is 5.32. The van der Waals surface area contributed by atoms with Gasteiger partial charge in [-0.05, 0) is 35.0 Å². The fraction of sp³-hybridized carbons (Fsp3) is 0.429. The maximum Gasteiger partial charge on any atom is 0.171 e. The maximum absolute atomic E-state index is 4.75. The first-order chi connectivity index (χ1) is 8.82. The molecule has 0 radical (unpaired) electrons. The van der Waals surface area contributed by atoms with E-state index < -0.39 is 0 Å². The van der Waals surface area contributed by atoms with Gasteiger partial charge in [0.05, 0.1) is 15.0 Å². The summed E-state index contributed by atoms with van der Waals surface area (Å²) in [5, 5.41) is 3.13. The molecule has 5 heteroatoms. The average molecular weight is 340 g/mol. The quantitative estimate of drug-likeness (QED) is 0.867. The van der Waals surface area contributed by atoms with Gasteiger partial charge in [0.2, 0.25) is 0 Å². The molecule has 0 aliphatic heterocycles. The Hall–Kier alpha value is -0.940. The summed E-state index contributed by atoms with van der Waals surface area (Å²) in [6.07, 6.45) is 0. The molecule has 0 spiro atoms. The lowest BCUT2D eigenvalue weighted by molar-refractivity contribution is 0.564. The summed E-state index contributed by atoms with van der Waals surface area (Å²) < 4.78 is 0.944. The van der Waals surface area contributed by atoms with Crippen LogP contribution in [0.5, 0.6) is 0 Å². The van der Waals surface area contributed by atoms with Crippen LogP contribution in [0.15, 0.2) is 16.6 Å². The maximum atomic E-state index is 4.75. The zero-order valence-corrected chi connectivity index (χ0v) is 14.2. The molecule has 0 saturated carbocycles. The van der Waals surface area contributed by atoms with Crippen molar-refractivity contribution in [3.63, 3.8) is 0 Å². The number of hydrogen-bond acceptors (Lipinski definition) is 4. The highest BCUT2D eigenvalue weighted by Crippen LogP contribution is 2.35. The topological polar surface area (TPSA) is 37.8 Å². The van der Waals surface area contributed by atoms with Crippen molar-refractivity contribution >= 4 is 33.1 Å². The van der Waals surface area contributed by atoms with Crippen molar-refractivity contribution in [1.29, 1.82) is 0 Å². The summed E-state index contributed by atoms with van der Waals surface area (Å²) in [5.41, 5.74) is 0.988. The molecule has 0 bridgehead atoms. The van der Waals surface area contributed by atoms with Crippen LogP contribution in [0.25, 0.3) is 10.7 Å². The standard InChI is InChI=1S/C14H18BrN3S/c1-8-6-7-9(19-8)12-17-11(14(2,3)4)10(15)13(16-5)18-12/h6-7H,1-5H3,(H,16,17,18). The van der Waals surface area contributed by atoms with Crippen molar-refractivity contribution in [3.05, 3.63) is 27.2 Å². The molecule has 0 amide bonds. The third-order valence-corrected chi connectivity index (χ3v) is 4.51. The van der Waals surface area contributed by atoms with E-state index in [-0.39, 0.29) is 5.41 Å². The van der Waals surface area contributed by atoms with E-state index in [1.165, 1.54) is 4.88 Å². The van der Waals surface area contributed by atoms with Gasteiger partial charge in [-0.3, -0.25) is 0 Å². The first kappa shape index (κ1) is 14.5. The molecule has 0 aliphatic rings.